The third-order valence-corrected chi connectivity index (χ3v) is 3.92. The number of ether oxygens (including phenoxy) is 1. The number of amides is 1. The average molecular weight is 330 g/mol. The SMILES string of the molecule is C[C@H](N)[C@H]1CCCCN1C(=O)c1ccc(OCC(F)(F)F)cc1. The Morgan fingerprint density at radius 1 is 1.35 bits per heavy atom. The van der Waals surface area contributed by atoms with E-state index in [1.165, 1.54) is 24.3 Å². The van der Waals surface area contributed by atoms with Crippen LogP contribution in [-0.4, -0.2) is 42.2 Å². The molecule has 2 rings (SSSR count). The van der Waals surface area contributed by atoms with E-state index in [1.54, 1.807) is 4.90 Å². The predicted molar refractivity (Wildman–Crippen MR) is 80.3 cm³/mol. The summed E-state index contributed by atoms with van der Waals surface area (Å²) in [4.78, 5) is 14.4. The lowest BCUT2D eigenvalue weighted by molar-refractivity contribution is -0.153. The van der Waals surface area contributed by atoms with Crippen LogP contribution in [0.25, 0.3) is 0 Å². The van der Waals surface area contributed by atoms with Crippen LogP contribution in [0.3, 0.4) is 0 Å². The Kier molecular flexibility index (Phi) is 5.51. The van der Waals surface area contributed by atoms with Crippen LogP contribution in [0, 0.1) is 0 Å². The van der Waals surface area contributed by atoms with Crippen LogP contribution >= 0.6 is 0 Å². The summed E-state index contributed by atoms with van der Waals surface area (Å²) >= 11 is 0. The van der Waals surface area contributed by atoms with E-state index in [4.69, 9.17) is 5.73 Å². The van der Waals surface area contributed by atoms with Gasteiger partial charge in [-0.2, -0.15) is 13.2 Å². The number of hydrogen-bond donors (Lipinski definition) is 1. The number of halogens is 3. The number of carbonyl (C=O) groups is 1. The molecule has 4 nitrogen and oxygen atoms in total. The number of benzene rings is 1. The van der Waals surface area contributed by atoms with Gasteiger partial charge in [-0.3, -0.25) is 4.79 Å². The molecule has 128 valence electrons. The maximum atomic E-state index is 12.6. The molecule has 7 heteroatoms. The molecule has 0 aliphatic carbocycles. The lowest BCUT2D eigenvalue weighted by Crippen LogP contribution is -2.51. The molecule has 0 bridgehead atoms. The molecule has 0 aromatic heterocycles. The predicted octanol–water partition coefficient (Wildman–Crippen LogP) is 2.97. The van der Waals surface area contributed by atoms with Gasteiger partial charge in [-0.15, -0.1) is 0 Å². The van der Waals surface area contributed by atoms with E-state index in [-0.39, 0.29) is 23.7 Å². The third-order valence-electron chi connectivity index (χ3n) is 3.92. The molecule has 2 atom stereocenters. The standard InChI is InChI=1S/C16H21F3N2O2/c1-11(20)14-4-2-3-9-21(14)15(22)12-5-7-13(8-6-12)23-10-16(17,18)19/h5-8,11,14H,2-4,9-10,20H2,1H3/t11-,14+/m0/s1. The summed E-state index contributed by atoms with van der Waals surface area (Å²) in [5.74, 6) is -0.0596. The minimum absolute atomic E-state index is 0.00240. The van der Waals surface area contributed by atoms with Gasteiger partial charge in [0.2, 0.25) is 0 Å². The van der Waals surface area contributed by atoms with Crippen LogP contribution in [0.4, 0.5) is 13.2 Å². The number of hydrogen-bond acceptors (Lipinski definition) is 3. The van der Waals surface area contributed by atoms with Gasteiger partial charge in [0.15, 0.2) is 6.61 Å². The molecule has 1 aromatic rings. The van der Waals surface area contributed by atoms with Gasteiger partial charge in [0.05, 0.1) is 0 Å². The Balaban J connectivity index is 2.04. The molecule has 1 heterocycles. The Morgan fingerprint density at radius 2 is 2.00 bits per heavy atom. The number of nitrogens with zero attached hydrogens (tertiary/aromatic N) is 1. The van der Waals surface area contributed by atoms with Crippen molar-refractivity contribution in [3.05, 3.63) is 29.8 Å². The van der Waals surface area contributed by atoms with Crippen molar-refractivity contribution < 1.29 is 22.7 Å². The number of piperidine rings is 1. The fourth-order valence-electron chi connectivity index (χ4n) is 2.78. The molecule has 1 amide bonds. The van der Waals surface area contributed by atoms with Crippen molar-refractivity contribution in [2.45, 2.75) is 44.4 Å². The van der Waals surface area contributed by atoms with Crippen molar-refractivity contribution in [1.82, 2.24) is 4.90 Å². The van der Waals surface area contributed by atoms with Crippen molar-refractivity contribution in [3.8, 4) is 5.75 Å². The molecule has 1 aliphatic rings. The fraction of sp³-hybridized carbons (Fsp3) is 0.562. The molecule has 1 saturated heterocycles. The zero-order valence-electron chi connectivity index (χ0n) is 13.0. The number of carbonyl (C=O) groups excluding carboxylic acids is 1. The van der Waals surface area contributed by atoms with Crippen molar-refractivity contribution in [1.29, 1.82) is 0 Å². The van der Waals surface area contributed by atoms with E-state index in [9.17, 15) is 18.0 Å². The molecule has 1 aromatic carbocycles. The number of alkyl halides is 3. The van der Waals surface area contributed by atoms with Crippen LogP contribution in [-0.2, 0) is 0 Å². The minimum Gasteiger partial charge on any atom is -0.484 e. The van der Waals surface area contributed by atoms with Gasteiger partial charge < -0.3 is 15.4 Å². The molecule has 0 unspecified atom stereocenters. The van der Waals surface area contributed by atoms with E-state index in [2.05, 4.69) is 4.74 Å². The van der Waals surface area contributed by atoms with Gasteiger partial charge in [0.25, 0.3) is 5.91 Å². The van der Waals surface area contributed by atoms with E-state index in [0.717, 1.165) is 19.3 Å². The number of nitrogens with two attached hydrogens (primary N) is 1. The largest absolute Gasteiger partial charge is 0.484 e. The fourth-order valence-corrected chi connectivity index (χ4v) is 2.78. The van der Waals surface area contributed by atoms with E-state index in [1.807, 2.05) is 6.92 Å². The van der Waals surface area contributed by atoms with Crippen LogP contribution in [0.1, 0.15) is 36.5 Å². The maximum absolute atomic E-state index is 12.6. The highest BCUT2D eigenvalue weighted by Crippen LogP contribution is 2.23. The Labute approximate surface area is 133 Å². The second-order valence-electron chi connectivity index (χ2n) is 5.85. The van der Waals surface area contributed by atoms with Crippen LogP contribution in [0.5, 0.6) is 5.75 Å². The summed E-state index contributed by atoms with van der Waals surface area (Å²) in [6.45, 7) is 1.18. The zero-order chi connectivity index (χ0) is 17.0. The van der Waals surface area contributed by atoms with E-state index < -0.39 is 12.8 Å². The molecule has 23 heavy (non-hydrogen) atoms. The highest BCUT2D eigenvalue weighted by atomic mass is 19.4. The molecular formula is C16H21F3N2O2. The van der Waals surface area contributed by atoms with Gasteiger partial charge >= 0.3 is 6.18 Å². The smallest absolute Gasteiger partial charge is 0.422 e. The van der Waals surface area contributed by atoms with Gasteiger partial charge in [0.1, 0.15) is 5.75 Å². The lowest BCUT2D eigenvalue weighted by atomic mass is 9.96. The van der Waals surface area contributed by atoms with Crippen molar-refractivity contribution >= 4 is 5.91 Å². The number of likely N-dealkylation sites (tertiary alicyclic amines) is 1. The van der Waals surface area contributed by atoms with E-state index in [0.29, 0.717) is 12.1 Å². The minimum atomic E-state index is -4.38. The van der Waals surface area contributed by atoms with Crippen molar-refractivity contribution in [2.75, 3.05) is 13.2 Å². The van der Waals surface area contributed by atoms with Crippen LogP contribution in [0.2, 0.25) is 0 Å². The number of rotatable bonds is 4. The monoisotopic (exact) mass is 330 g/mol. The zero-order valence-corrected chi connectivity index (χ0v) is 13.0. The Bertz CT molecular complexity index is 529. The van der Waals surface area contributed by atoms with Gasteiger partial charge in [-0.1, -0.05) is 0 Å². The summed E-state index contributed by atoms with van der Waals surface area (Å²) in [6, 6.07) is 5.61. The first-order valence-corrected chi connectivity index (χ1v) is 7.64. The molecule has 0 spiro atoms. The van der Waals surface area contributed by atoms with Crippen LogP contribution in [0.15, 0.2) is 24.3 Å². The maximum Gasteiger partial charge on any atom is 0.422 e. The summed E-state index contributed by atoms with van der Waals surface area (Å²) in [5, 5.41) is 0. The first-order chi connectivity index (χ1) is 10.8. The van der Waals surface area contributed by atoms with E-state index >= 15 is 0 Å². The molecule has 1 fully saturated rings. The van der Waals surface area contributed by atoms with Crippen molar-refractivity contribution in [2.24, 2.45) is 5.73 Å². The first-order valence-electron chi connectivity index (χ1n) is 7.64. The Hall–Kier alpha value is -1.76. The summed E-state index contributed by atoms with van der Waals surface area (Å²) < 4.78 is 41.0. The third kappa shape index (κ3) is 4.86. The second-order valence-corrected chi connectivity index (χ2v) is 5.85. The molecule has 0 radical (unpaired) electrons. The van der Waals surface area contributed by atoms with Gasteiger partial charge in [0, 0.05) is 24.2 Å². The summed E-state index contributed by atoms with van der Waals surface area (Å²) in [5.41, 5.74) is 6.39. The highest BCUT2D eigenvalue weighted by Gasteiger charge is 2.30. The normalized spacial score (nSPS) is 20.2. The summed E-state index contributed by atoms with van der Waals surface area (Å²) in [6.07, 6.45) is -1.54. The van der Waals surface area contributed by atoms with Gasteiger partial charge in [-0.05, 0) is 50.5 Å². The van der Waals surface area contributed by atoms with Crippen molar-refractivity contribution in [3.63, 3.8) is 0 Å². The van der Waals surface area contributed by atoms with Gasteiger partial charge in [-0.25, -0.2) is 0 Å². The lowest BCUT2D eigenvalue weighted by Gasteiger charge is -2.38. The Morgan fingerprint density at radius 3 is 2.57 bits per heavy atom. The molecule has 0 saturated carbocycles. The summed E-state index contributed by atoms with van der Waals surface area (Å²) in [7, 11) is 0. The topological polar surface area (TPSA) is 55.6 Å². The highest BCUT2D eigenvalue weighted by molar-refractivity contribution is 5.94. The molecular weight excluding hydrogens is 309 g/mol. The second kappa shape index (κ2) is 7.21. The first kappa shape index (κ1) is 17.6. The average Bonchev–Trinajstić information content (AvgIpc) is 2.52. The molecule has 1 aliphatic heterocycles. The molecule has 2 N–H and O–H groups in total. The van der Waals surface area contributed by atoms with Crippen LogP contribution < -0.4 is 10.5 Å². The quantitative estimate of drug-likeness (QED) is 0.923.